The predicted molar refractivity (Wildman–Crippen MR) is 295 cm³/mol. The van der Waals surface area contributed by atoms with Gasteiger partial charge < -0.3 is 65.1 Å². The first-order valence-corrected chi connectivity index (χ1v) is 28.1. The van der Waals surface area contributed by atoms with Gasteiger partial charge in [-0.15, -0.1) is 0 Å². The number of allylic oxidation sites excluding steroid dienone is 18. The van der Waals surface area contributed by atoms with E-state index in [1.165, 1.54) is 32.1 Å². The second-order valence-electron chi connectivity index (χ2n) is 19.3. The van der Waals surface area contributed by atoms with Crippen LogP contribution in [0.1, 0.15) is 168 Å². The predicted octanol–water partition coefficient (Wildman–Crippen LogP) is 8.88. The van der Waals surface area contributed by atoms with Crippen LogP contribution in [0.15, 0.2) is 109 Å². The molecule has 2 saturated heterocycles. The lowest BCUT2D eigenvalue weighted by atomic mass is 9.97. The van der Waals surface area contributed by atoms with Crippen molar-refractivity contribution in [2.75, 3.05) is 19.8 Å². The van der Waals surface area contributed by atoms with Gasteiger partial charge in [-0.1, -0.05) is 187 Å². The number of unbranched alkanes of at least 4 members (excludes halogenated alkanes) is 11. The molecule has 422 valence electrons. The Morgan fingerprint density at radius 1 is 0.500 bits per heavy atom. The van der Waals surface area contributed by atoms with Crippen molar-refractivity contribution in [2.24, 2.45) is 0 Å². The molecule has 0 spiro atoms. The third-order valence-corrected chi connectivity index (χ3v) is 13.0. The third kappa shape index (κ3) is 30.4. The molecule has 0 aliphatic carbocycles. The SMILES string of the molecule is CC/C=C\C/C=C\C/C=C\C/C=C\C/C=C\C/C=C\C/C=C\C/C=C\C/C=C\CCCCCCCCCCCC(=O)NC(COC1OC(CO)C(OC2OC(CO)C(O)C(O)C2O)C(O)C1O)C(O)CCCCC. The smallest absolute Gasteiger partial charge is 0.220 e. The van der Waals surface area contributed by atoms with E-state index in [4.69, 9.17) is 18.9 Å². The second kappa shape index (κ2) is 44.7. The van der Waals surface area contributed by atoms with Crippen LogP contribution in [0.2, 0.25) is 0 Å². The summed E-state index contributed by atoms with van der Waals surface area (Å²) < 4.78 is 22.5. The van der Waals surface area contributed by atoms with Crippen molar-refractivity contribution in [3.63, 3.8) is 0 Å². The van der Waals surface area contributed by atoms with Crippen LogP contribution < -0.4 is 5.32 Å². The highest BCUT2D eigenvalue weighted by Crippen LogP contribution is 2.30. The van der Waals surface area contributed by atoms with E-state index >= 15 is 0 Å². The Labute approximate surface area is 445 Å². The minimum absolute atomic E-state index is 0.231. The van der Waals surface area contributed by atoms with Crippen molar-refractivity contribution in [3.05, 3.63) is 109 Å². The van der Waals surface area contributed by atoms with Gasteiger partial charge in [0.15, 0.2) is 12.6 Å². The van der Waals surface area contributed by atoms with Crippen LogP contribution in [0, 0.1) is 0 Å². The van der Waals surface area contributed by atoms with Gasteiger partial charge in [0.25, 0.3) is 0 Å². The molecule has 74 heavy (non-hydrogen) atoms. The summed E-state index contributed by atoms with van der Waals surface area (Å²) >= 11 is 0. The standard InChI is InChI=1S/C60H99NO13/c1-3-5-7-8-9-10-11-12-13-14-15-16-17-18-19-20-21-22-23-24-25-26-27-28-29-30-31-32-33-34-35-36-37-38-39-40-42-44-52(65)61-48(49(64)43-41-6-4-2)47-71-59-57(70)55(68)58(51(46-63)73-59)74-60-56(69)54(67)53(66)50(45-62)72-60/h5,7,9-10,12-13,15-16,18-19,21-22,24-25,27-28,30-31,48-51,53-60,62-64,66-70H,3-4,6,8,11,14,17,20,23,26,29,32-47H2,1-2H3,(H,61,65)/b7-5-,10-9-,13-12-,16-15-,19-18-,22-21-,25-24-,28-27-,31-30-. The summed E-state index contributed by atoms with van der Waals surface area (Å²) in [4.78, 5) is 13.0. The van der Waals surface area contributed by atoms with Gasteiger partial charge in [0, 0.05) is 6.42 Å². The Morgan fingerprint density at radius 3 is 1.41 bits per heavy atom. The first-order chi connectivity index (χ1) is 36.1. The molecule has 0 aromatic heterocycles. The Bertz CT molecular complexity index is 1650. The number of hydrogen-bond donors (Lipinski definition) is 9. The minimum Gasteiger partial charge on any atom is -0.394 e. The number of carbonyl (C=O) groups excluding carboxylic acids is 1. The summed E-state index contributed by atoms with van der Waals surface area (Å²) in [6, 6.07) is -0.834. The fraction of sp³-hybridized carbons (Fsp3) is 0.683. The van der Waals surface area contributed by atoms with Gasteiger partial charge in [0.2, 0.25) is 5.91 Å². The number of ether oxygens (including phenoxy) is 4. The van der Waals surface area contributed by atoms with Crippen LogP contribution in [-0.4, -0.2) is 140 Å². The summed E-state index contributed by atoms with van der Waals surface area (Å²) in [5, 5.41) is 86.1. The van der Waals surface area contributed by atoms with Crippen LogP contribution >= 0.6 is 0 Å². The maximum Gasteiger partial charge on any atom is 0.220 e. The molecule has 14 heteroatoms. The van der Waals surface area contributed by atoms with Crippen LogP contribution in [-0.2, 0) is 23.7 Å². The van der Waals surface area contributed by atoms with Gasteiger partial charge in [0.1, 0.15) is 48.8 Å². The second-order valence-corrected chi connectivity index (χ2v) is 19.3. The maximum absolute atomic E-state index is 13.0. The molecule has 2 rings (SSSR count). The van der Waals surface area contributed by atoms with E-state index in [1.54, 1.807) is 0 Å². The van der Waals surface area contributed by atoms with E-state index in [2.05, 4.69) is 122 Å². The number of rotatable bonds is 42. The zero-order valence-electron chi connectivity index (χ0n) is 45.0. The number of aliphatic hydroxyl groups is 8. The summed E-state index contributed by atoms with van der Waals surface area (Å²) in [6.45, 7) is 2.53. The lowest BCUT2D eigenvalue weighted by Gasteiger charge is -2.46. The molecule has 0 aromatic carbocycles. The molecule has 12 atom stereocenters. The van der Waals surface area contributed by atoms with Crippen LogP contribution in [0.3, 0.4) is 0 Å². The molecular weight excluding hydrogens is 943 g/mol. The van der Waals surface area contributed by atoms with E-state index in [0.717, 1.165) is 103 Å². The Balaban J connectivity index is 1.53. The van der Waals surface area contributed by atoms with Gasteiger partial charge in [0.05, 0.1) is 32.0 Å². The van der Waals surface area contributed by atoms with E-state index in [9.17, 15) is 45.6 Å². The summed E-state index contributed by atoms with van der Waals surface area (Å²) in [6.07, 6.45) is 46.5. The highest BCUT2D eigenvalue weighted by atomic mass is 16.7. The molecule has 0 radical (unpaired) electrons. The quantitative estimate of drug-likeness (QED) is 0.0206. The first kappa shape index (κ1) is 66.8. The molecule has 0 bridgehead atoms. The molecule has 2 aliphatic rings. The van der Waals surface area contributed by atoms with Crippen molar-refractivity contribution in [3.8, 4) is 0 Å². The zero-order chi connectivity index (χ0) is 53.9. The summed E-state index contributed by atoms with van der Waals surface area (Å²) in [7, 11) is 0. The highest BCUT2D eigenvalue weighted by molar-refractivity contribution is 5.76. The Kier molecular flexibility index (Phi) is 40.4. The van der Waals surface area contributed by atoms with E-state index < -0.39 is 86.8 Å². The largest absolute Gasteiger partial charge is 0.394 e. The maximum atomic E-state index is 13.0. The van der Waals surface area contributed by atoms with Gasteiger partial charge in [-0.05, 0) is 83.5 Å². The van der Waals surface area contributed by atoms with Crippen molar-refractivity contribution >= 4 is 5.91 Å². The average Bonchev–Trinajstić information content (AvgIpc) is 3.40. The third-order valence-electron chi connectivity index (χ3n) is 13.0. The van der Waals surface area contributed by atoms with Crippen LogP contribution in [0.4, 0.5) is 0 Å². The molecular formula is C60H99NO13. The van der Waals surface area contributed by atoms with E-state index in [1.807, 2.05) is 6.92 Å². The first-order valence-electron chi connectivity index (χ1n) is 28.1. The minimum atomic E-state index is -1.78. The van der Waals surface area contributed by atoms with Crippen molar-refractivity contribution in [1.82, 2.24) is 5.32 Å². The lowest BCUT2D eigenvalue weighted by Crippen LogP contribution is -2.65. The molecule has 0 aromatic rings. The molecule has 1 amide bonds. The fourth-order valence-corrected chi connectivity index (χ4v) is 8.46. The monoisotopic (exact) mass is 1040 g/mol. The summed E-state index contributed by atoms with van der Waals surface area (Å²) in [5.41, 5.74) is 0. The van der Waals surface area contributed by atoms with Crippen molar-refractivity contribution in [2.45, 2.75) is 242 Å². The number of nitrogens with one attached hydrogen (secondary N) is 1. The topological polar surface area (TPSA) is 228 Å². The number of amides is 1. The fourth-order valence-electron chi connectivity index (χ4n) is 8.46. The molecule has 2 aliphatic heterocycles. The van der Waals surface area contributed by atoms with Crippen molar-refractivity contribution in [1.29, 1.82) is 0 Å². The van der Waals surface area contributed by atoms with Gasteiger partial charge in [-0.2, -0.15) is 0 Å². The number of hydrogen-bond acceptors (Lipinski definition) is 13. The number of aliphatic hydroxyl groups excluding tert-OH is 8. The van der Waals surface area contributed by atoms with Gasteiger partial charge >= 0.3 is 0 Å². The molecule has 14 nitrogen and oxygen atoms in total. The molecule has 2 heterocycles. The summed E-state index contributed by atoms with van der Waals surface area (Å²) in [5.74, 6) is -0.231. The van der Waals surface area contributed by atoms with Crippen molar-refractivity contribution < 1.29 is 64.6 Å². The Morgan fingerprint density at radius 2 is 0.932 bits per heavy atom. The Hall–Kier alpha value is -3.35. The average molecular weight is 1040 g/mol. The molecule has 0 saturated carbocycles. The van der Waals surface area contributed by atoms with E-state index in [-0.39, 0.29) is 18.9 Å². The van der Waals surface area contributed by atoms with Crippen LogP contribution in [0.5, 0.6) is 0 Å². The van der Waals surface area contributed by atoms with Gasteiger partial charge in [-0.25, -0.2) is 0 Å². The zero-order valence-corrected chi connectivity index (χ0v) is 45.0. The molecule has 2 fully saturated rings. The van der Waals surface area contributed by atoms with Gasteiger partial charge in [-0.3, -0.25) is 4.79 Å². The van der Waals surface area contributed by atoms with Crippen LogP contribution in [0.25, 0.3) is 0 Å². The highest BCUT2D eigenvalue weighted by Gasteiger charge is 2.51. The lowest BCUT2D eigenvalue weighted by molar-refractivity contribution is -0.359. The number of carbonyl (C=O) groups is 1. The molecule has 12 unspecified atom stereocenters. The normalized spacial score (nSPS) is 26.1. The molecule has 9 N–H and O–H groups in total. The van der Waals surface area contributed by atoms with E-state index in [0.29, 0.717) is 12.8 Å².